The van der Waals surface area contributed by atoms with Crippen LogP contribution in [0.1, 0.15) is 24.0 Å². The lowest BCUT2D eigenvalue weighted by atomic mass is 10.1. The smallest absolute Gasteiger partial charge is 0.319 e. The molecule has 0 spiro atoms. The van der Waals surface area contributed by atoms with Gasteiger partial charge in [0.1, 0.15) is 0 Å². The fraction of sp³-hybridized carbons (Fsp3) is 0.200. The third-order valence-corrected chi connectivity index (χ3v) is 3.89. The van der Waals surface area contributed by atoms with Crippen molar-refractivity contribution in [2.75, 3.05) is 11.9 Å². The van der Waals surface area contributed by atoms with Crippen LogP contribution in [0, 0.1) is 11.8 Å². The molecule has 3 N–H and O–H groups in total. The summed E-state index contributed by atoms with van der Waals surface area (Å²) in [7, 11) is 0. The predicted octanol–water partition coefficient (Wildman–Crippen LogP) is 2.49. The van der Waals surface area contributed by atoms with Crippen LogP contribution in [0.2, 0.25) is 0 Å². The molecule has 0 aromatic heterocycles. The first-order valence-corrected chi connectivity index (χ1v) is 8.21. The minimum absolute atomic E-state index is 0.0278. The second-order valence-corrected chi connectivity index (χ2v) is 5.80. The van der Waals surface area contributed by atoms with Gasteiger partial charge in [0, 0.05) is 30.1 Å². The Hall–Kier alpha value is -3.26. The molecule has 1 atom stereocenters. The van der Waals surface area contributed by atoms with Gasteiger partial charge in [0.25, 0.3) is 0 Å². The zero-order valence-electron chi connectivity index (χ0n) is 13.7. The van der Waals surface area contributed by atoms with Gasteiger partial charge in [-0.1, -0.05) is 42.2 Å². The lowest BCUT2D eigenvalue weighted by molar-refractivity contribution is -0.122. The summed E-state index contributed by atoms with van der Waals surface area (Å²) in [6, 6.07) is 16.8. The van der Waals surface area contributed by atoms with Crippen LogP contribution in [-0.2, 0) is 4.79 Å². The molecular formula is C20H19N3O2. The molecule has 0 aliphatic carbocycles. The number of benzene rings is 2. The van der Waals surface area contributed by atoms with E-state index >= 15 is 0 Å². The predicted molar refractivity (Wildman–Crippen MR) is 97.1 cm³/mol. The normalized spacial score (nSPS) is 16.2. The molecule has 3 rings (SSSR count). The van der Waals surface area contributed by atoms with Crippen LogP contribution in [-0.4, -0.2) is 24.5 Å². The maximum Gasteiger partial charge on any atom is 0.319 e. The van der Waals surface area contributed by atoms with E-state index in [0.29, 0.717) is 25.1 Å². The topological polar surface area (TPSA) is 70.2 Å². The van der Waals surface area contributed by atoms with Gasteiger partial charge in [0.2, 0.25) is 5.91 Å². The first kappa shape index (κ1) is 16.6. The van der Waals surface area contributed by atoms with Gasteiger partial charge < -0.3 is 16.0 Å². The Kier molecular flexibility index (Phi) is 5.32. The van der Waals surface area contributed by atoms with Crippen LogP contribution in [0.3, 0.4) is 0 Å². The summed E-state index contributed by atoms with van der Waals surface area (Å²) in [6.07, 6.45) is 1.08. The number of anilines is 1. The van der Waals surface area contributed by atoms with Gasteiger partial charge in [0.05, 0.1) is 5.69 Å². The SMILES string of the molecule is O=C1CC[C@@H](NC(=O)Nc2ccccc2C#Cc2ccccc2)CN1. The summed E-state index contributed by atoms with van der Waals surface area (Å²) < 4.78 is 0. The standard InChI is InChI=1S/C20H19N3O2/c24-19-13-12-17(14-21-19)22-20(25)23-18-9-5-4-8-16(18)11-10-15-6-2-1-3-7-15/h1-9,17H,12-14H2,(H,21,24)(H2,22,23,25)/t17-/m1/s1. The van der Waals surface area contributed by atoms with Crippen molar-refractivity contribution in [3.63, 3.8) is 0 Å². The van der Waals surface area contributed by atoms with E-state index in [1.54, 1.807) is 0 Å². The Labute approximate surface area is 146 Å². The number of urea groups is 1. The molecule has 0 saturated carbocycles. The summed E-state index contributed by atoms with van der Waals surface area (Å²) >= 11 is 0. The van der Waals surface area contributed by atoms with Crippen molar-refractivity contribution in [2.45, 2.75) is 18.9 Å². The largest absolute Gasteiger partial charge is 0.354 e. The molecule has 5 heteroatoms. The van der Waals surface area contributed by atoms with Crippen molar-refractivity contribution in [3.8, 4) is 11.8 Å². The van der Waals surface area contributed by atoms with Gasteiger partial charge in [-0.05, 0) is 30.7 Å². The molecule has 1 saturated heterocycles. The third kappa shape index (κ3) is 4.85. The maximum absolute atomic E-state index is 12.2. The van der Waals surface area contributed by atoms with E-state index in [1.165, 1.54) is 0 Å². The van der Waals surface area contributed by atoms with E-state index in [0.717, 1.165) is 11.1 Å². The Morgan fingerprint density at radius 1 is 1.04 bits per heavy atom. The number of para-hydroxylation sites is 1. The minimum Gasteiger partial charge on any atom is -0.354 e. The Morgan fingerprint density at radius 3 is 2.56 bits per heavy atom. The highest BCUT2D eigenvalue weighted by Crippen LogP contribution is 2.14. The molecule has 0 unspecified atom stereocenters. The van der Waals surface area contributed by atoms with Crippen LogP contribution >= 0.6 is 0 Å². The van der Waals surface area contributed by atoms with Crippen LogP contribution in [0.25, 0.3) is 0 Å². The fourth-order valence-corrected chi connectivity index (χ4v) is 2.56. The maximum atomic E-state index is 12.2. The van der Waals surface area contributed by atoms with Crippen molar-refractivity contribution in [2.24, 2.45) is 0 Å². The van der Waals surface area contributed by atoms with E-state index in [-0.39, 0.29) is 18.0 Å². The van der Waals surface area contributed by atoms with Crippen LogP contribution in [0.15, 0.2) is 54.6 Å². The Balaban J connectivity index is 1.66. The molecular weight excluding hydrogens is 314 g/mol. The van der Waals surface area contributed by atoms with Crippen LogP contribution < -0.4 is 16.0 Å². The molecule has 1 aliphatic rings. The average Bonchev–Trinajstić information content (AvgIpc) is 2.64. The van der Waals surface area contributed by atoms with Gasteiger partial charge in [0.15, 0.2) is 0 Å². The second-order valence-electron chi connectivity index (χ2n) is 5.80. The number of piperidine rings is 1. The quantitative estimate of drug-likeness (QED) is 0.739. The zero-order chi connectivity index (χ0) is 17.5. The first-order chi connectivity index (χ1) is 12.2. The monoisotopic (exact) mass is 333 g/mol. The molecule has 25 heavy (non-hydrogen) atoms. The van der Waals surface area contributed by atoms with Crippen LogP contribution in [0.5, 0.6) is 0 Å². The molecule has 0 radical (unpaired) electrons. The summed E-state index contributed by atoms with van der Waals surface area (Å²) in [5.74, 6) is 6.21. The molecule has 1 aliphatic heterocycles. The lowest BCUT2D eigenvalue weighted by Crippen LogP contribution is -2.48. The van der Waals surface area contributed by atoms with E-state index in [4.69, 9.17) is 0 Å². The third-order valence-electron chi connectivity index (χ3n) is 3.89. The molecule has 2 aromatic rings. The number of carbonyl (C=O) groups is 2. The molecule has 2 aromatic carbocycles. The molecule has 1 heterocycles. The number of carbonyl (C=O) groups excluding carboxylic acids is 2. The Morgan fingerprint density at radius 2 is 1.80 bits per heavy atom. The Bertz CT molecular complexity index is 812. The first-order valence-electron chi connectivity index (χ1n) is 8.21. The minimum atomic E-state index is -0.296. The molecule has 3 amide bonds. The van der Waals surface area contributed by atoms with Crippen molar-refractivity contribution in [3.05, 3.63) is 65.7 Å². The van der Waals surface area contributed by atoms with Crippen molar-refractivity contribution >= 4 is 17.6 Å². The molecule has 5 nitrogen and oxygen atoms in total. The van der Waals surface area contributed by atoms with Crippen molar-refractivity contribution in [1.29, 1.82) is 0 Å². The lowest BCUT2D eigenvalue weighted by Gasteiger charge is -2.23. The van der Waals surface area contributed by atoms with E-state index in [2.05, 4.69) is 27.8 Å². The van der Waals surface area contributed by atoms with Crippen molar-refractivity contribution < 1.29 is 9.59 Å². The number of nitrogens with one attached hydrogen (secondary N) is 3. The molecule has 1 fully saturated rings. The van der Waals surface area contributed by atoms with Gasteiger partial charge in [-0.2, -0.15) is 0 Å². The highest BCUT2D eigenvalue weighted by Gasteiger charge is 2.19. The zero-order valence-corrected chi connectivity index (χ0v) is 13.7. The second kappa shape index (κ2) is 8.02. The van der Waals surface area contributed by atoms with Gasteiger partial charge >= 0.3 is 6.03 Å². The number of hydrogen-bond acceptors (Lipinski definition) is 2. The average molecular weight is 333 g/mol. The van der Waals surface area contributed by atoms with E-state index in [9.17, 15) is 9.59 Å². The van der Waals surface area contributed by atoms with Gasteiger partial charge in [-0.15, -0.1) is 0 Å². The summed E-state index contributed by atoms with van der Waals surface area (Å²) in [5, 5.41) is 8.46. The van der Waals surface area contributed by atoms with E-state index in [1.807, 2.05) is 54.6 Å². The molecule has 0 bridgehead atoms. The molecule has 126 valence electrons. The van der Waals surface area contributed by atoms with Crippen molar-refractivity contribution in [1.82, 2.24) is 10.6 Å². The highest BCUT2D eigenvalue weighted by atomic mass is 16.2. The number of hydrogen-bond donors (Lipinski definition) is 3. The number of rotatable bonds is 2. The summed E-state index contributed by atoms with van der Waals surface area (Å²) in [4.78, 5) is 23.4. The fourth-order valence-electron chi connectivity index (χ4n) is 2.56. The summed E-state index contributed by atoms with van der Waals surface area (Å²) in [5.41, 5.74) is 2.32. The highest BCUT2D eigenvalue weighted by molar-refractivity contribution is 5.91. The van der Waals surface area contributed by atoms with Crippen LogP contribution in [0.4, 0.5) is 10.5 Å². The van der Waals surface area contributed by atoms with Gasteiger partial charge in [-0.3, -0.25) is 4.79 Å². The van der Waals surface area contributed by atoms with Gasteiger partial charge in [-0.25, -0.2) is 4.79 Å². The number of amides is 3. The summed E-state index contributed by atoms with van der Waals surface area (Å²) in [6.45, 7) is 0.460. The van der Waals surface area contributed by atoms with E-state index < -0.39 is 0 Å².